The fourth-order valence-electron chi connectivity index (χ4n) is 3.17. The number of hydrogen-bond acceptors (Lipinski definition) is 3. The third-order valence-corrected chi connectivity index (χ3v) is 4.39. The molecule has 5 heteroatoms. The third kappa shape index (κ3) is 2.65. The van der Waals surface area contributed by atoms with Crippen LogP contribution in [0.25, 0.3) is 21.7 Å². The van der Waals surface area contributed by atoms with Crippen LogP contribution in [0.4, 0.5) is 5.69 Å². The van der Waals surface area contributed by atoms with Gasteiger partial charge in [0, 0.05) is 23.6 Å². The molecule has 0 saturated heterocycles. The van der Waals surface area contributed by atoms with E-state index in [0.29, 0.717) is 17.4 Å². The van der Waals surface area contributed by atoms with Crippen molar-refractivity contribution in [2.24, 2.45) is 0 Å². The minimum atomic E-state index is -0.431. The van der Waals surface area contributed by atoms with E-state index in [1.54, 1.807) is 16.7 Å². The van der Waals surface area contributed by atoms with Crippen LogP contribution in [0.3, 0.4) is 0 Å². The van der Waals surface area contributed by atoms with Crippen LogP contribution in [0.2, 0.25) is 0 Å². The third-order valence-electron chi connectivity index (χ3n) is 4.39. The topological polar surface area (TPSA) is 65.1 Å². The largest absolute Gasteiger partial charge is 0.304 e. The SMILES string of the molecule is O=c1ccc2cc([N+](=O)[O-])ccc2n1Cc1cccc2ccccc12. The summed E-state index contributed by atoms with van der Waals surface area (Å²) in [7, 11) is 0. The normalized spacial score (nSPS) is 11.0. The highest BCUT2D eigenvalue weighted by Gasteiger charge is 2.10. The Morgan fingerprint density at radius 3 is 2.52 bits per heavy atom. The van der Waals surface area contributed by atoms with Crippen molar-refractivity contribution >= 4 is 27.4 Å². The van der Waals surface area contributed by atoms with Gasteiger partial charge >= 0.3 is 0 Å². The van der Waals surface area contributed by atoms with E-state index in [-0.39, 0.29) is 11.2 Å². The predicted molar refractivity (Wildman–Crippen MR) is 97.9 cm³/mol. The van der Waals surface area contributed by atoms with Crippen molar-refractivity contribution in [1.29, 1.82) is 0 Å². The minimum absolute atomic E-state index is 0.0165. The number of fused-ring (bicyclic) bond motifs is 2. The number of rotatable bonds is 3. The fourth-order valence-corrected chi connectivity index (χ4v) is 3.17. The number of aromatic nitrogens is 1. The summed E-state index contributed by atoms with van der Waals surface area (Å²) < 4.78 is 1.65. The molecule has 0 fully saturated rings. The molecule has 1 aromatic heterocycles. The maximum Gasteiger partial charge on any atom is 0.270 e. The van der Waals surface area contributed by atoms with Gasteiger partial charge in [-0.25, -0.2) is 0 Å². The average Bonchev–Trinajstić information content (AvgIpc) is 2.63. The molecule has 0 atom stereocenters. The van der Waals surface area contributed by atoms with E-state index in [1.165, 1.54) is 18.2 Å². The van der Waals surface area contributed by atoms with Crippen LogP contribution in [-0.4, -0.2) is 9.49 Å². The monoisotopic (exact) mass is 330 g/mol. The molecule has 0 saturated carbocycles. The molecule has 0 aliphatic carbocycles. The van der Waals surface area contributed by atoms with Crippen molar-refractivity contribution in [3.8, 4) is 0 Å². The molecule has 4 rings (SSSR count). The smallest absolute Gasteiger partial charge is 0.270 e. The zero-order chi connectivity index (χ0) is 17.4. The minimum Gasteiger partial charge on any atom is -0.304 e. The van der Waals surface area contributed by atoms with Gasteiger partial charge in [-0.05, 0) is 28.5 Å². The first-order chi connectivity index (χ1) is 12.1. The van der Waals surface area contributed by atoms with Gasteiger partial charge in [0.25, 0.3) is 11.2 Å². The molecule has 0 unspecified atom stereocenters. The Hall–Kier alpha value is -3.47. The fraction of sp³-hybridized carbons (Fsp3) is 0.0500. The van der Waals surface area contributed by atoms with E-state index in [0.717, 1.165) is 16.3 Å². The maximum absolute atomic E-state index is 12.4. The van der Waals surface area contributed by atoms with Crippen LogP contribution < -0.4 is 5.56 Å². The van der Waals surface area contributed by atoms with Gasteiger partial charge in [-0.2, -0.15) is 0 Å². The van der Waals surface area contributed by atoms with Gasteiger partial charge < -0.3 is 4.57 Å². The quantitative estimate of drug-likeness (QED) is 0.419. The van der Waals surface area contributed by atoms with Gasteiger partial charge in [0.2, 0.25) is 0 Å². The molecule has 0 bridgehead atoms. The zero-order valence-corrected chi connectivity index (χ0v) is 13.3. The molecule has 0 aliphatic heterocycles. The first-order valence-electron chi connectivity index (χ1n) is 7.88. The number of non-ortho nitro benzene ring substituents is 1. The molecule has 0 radical (unpaired) electrons. The number of nitrogens with zero attached hydrogens (tertiary/aromatic N) is 2. The van der Waals surface area contributed by atoms with Crippen LogP contribution in [-0.2, 0) is 6.54 Å². The molecule has 122 valence electrons. The maximum atomic E-state index is 12.4. The van der Waals surface area contributed by atoms with Gasteiger partial charge in [-0.15, -0.1) is 0 Å². The second-order valence-electron chi connectivity index (χ2n) is 5.90. The summed E-state index contributed by atoms with van der Waals surface area (Å²) in [6.45, 7) is 0.412. The molecule has 4 aromatic rings. The zero-order valence-electron chi connectivity index (χ0n) is 13.3. The van der Waals surface area contributed by atoms with Crippen molar-refractivity contribution in [2.75, 3.05) is 0 Å². The van der Waals surface area contributed by atoms with E-state index >= 15 is 0 Å². The summed E-state index contributed by atoms with van der Waals surface area (Å²) in [4.78, 5) is 23.0. The number of pyridine rings is 1. The molecule has 3 aromatic carbocycles. The van der Waals surface area contributed by atoms with Crippen molar-refractivity contribution in [2.45, 2.75) is 6.54 Å². The second kappa shape index (κ2) is 5.87. The van der Waals surface area contributed by atoms with E-state index in [1.807, 2.05) is 42.5 Å². The lowest BCUT2D eigenvalue weighted by Gasteiger charge is -2.12. The van der Waals surface area contributed by atoms with Crippen molar-refractivity contribution in [3.05, 3.63) is 98.8 Å². The van der Waals surface area contributed by atoms with Crippen LogP contribution in [0.1, 0.15) is 5.56 Å². The molecule has 1 heterocycles. The molecule has 5 nitrogen and oxygen atoms in total. The Balaban J connectivity index is 1.90. The van der Waals surface area contributed by atoms with E-state index < -0.39 is 4.92 Å². The molecule has 25 heavy (non-hydrogen) atoms. The van der Waals surface area contributed by atoms with E-state index in [2.05, 4.69) is 0 Å². The lowest BCUT2D eigenvalue weighted by Crippen LogP contribution is -2.20. The summed E-state index contributed by atoms with van der Waals surface area (Å²) in [5.74, 6) is 0. The highest BCUT2D eigenvalue weighted by Crippen LogP contribution is 2.23. The first kappa shape index (κ1) is 15.1. The highest BCUT2D eigenvalue weighted by atomic mass is 16.6. The Kier molecular flexibility index (Phi) is 3.54. The Morgan fingerprint density at radius 2 is 1.68 bits per heavy atom. The summed E-state index contributed by atoms with van der Waals surface area (Å²) >= 11 is 0. The average molecular weight is 330 g/mol. The first-order valence-corrected chi connectivity index (χ1v) is 7.88. The Bertz CT molecular complexity index is 1170. The number of benzene rings is 3. The number of hydrogen-bond donors (Lipinski definition) is 0. The highest BCUT2D eigenvalue weighted by molar-refractivity contribution is 5.86. The predicted octanol–water partition coefficient (Wildman–Crippen LogP) is 4.11. The number of nitro benzene ring substituents is 1. The van der Waals surface area contributed by atoms with Crippen molar-refractivity contribution in [3.63, 3.8) is 0 Å². The van der Waals surface area contributed by atoms with Crippen LogP contribution in [0.15, 0.2) is 77.6 Å². The van der Waals surface area contributed by atoms with Crippen LogP contribution in [0, 0.1) is 10.1 Å². The summed E-state index contributed by atoms with van der Waals surface area (Å²) in [5.41, 5.74) is 1.61. The lowest BCUT2D eigenvalue weighted by molar-refractivity contribution is -0.384. The standard InChI is InChI=1S/C20H14N2O3/c23-20-11-8-15-12-17(22(24)25)9-10-19(15)21(20)13-16-6-3-5-14-4-1-2-7-18(14)16/h1-12H,13H2. The molecule has 0 aliphatic rings. The number of nitro groups is 1. The van der Waals surface area contributed by atoms with Crippen LogP contribution in [0.5, 0.6) is 0 Å². The lowest BCUT2D eigenvalue weighted by atomic mass is 10.0. The summed E-state index contributed by atoms with van der Waals surface area (Å²) in [6.07, 6.45) is 0. The van der Waals surface area contributed by atoms with E-state index in [4.69, 9.17) is 0 Å². The van der Waals surface area contributed by atoms with Gasteiger partial charge in [-0.3, -0.25) is 14.9 Å². The van der Waals surface area contributed by atoms with E-state index in [9.17, 15) is 14.9 Å². The van der Waals surface area contributed by atoms with Gasteiger partial charge in [-0.1, -0.05) is 42.5 Å². The molecule has 0 spiro atoms. The molecular formula is C20H14N2O3. The summed E-state index contributed by atoms with van der Waals surface area (Å²) in [5, 5.41) is 13.9. The van der Waals surface area contributed by atoms with Crippen molar-refractivity contribution < 1.29 is 4.92 Å². The Morgan fingerprint density at radius 1 is 0.880 bits per heavy atom. The Labute approximate surface area is 142 Å². The van der Waals surface area contributed by atoms with Crippen LogP contribution >= 0.6 is 0 Å². The van der Waals surface area contributed by atoms with Gasteiger partial charge in [0.1, 0.15) is 0 Å². The molecule has 0 N–H and O–H groups in total. The van der Waals surface area contributed by atoms with Gasteiger partial charge in [0.15, 0.2) is 0 Å². The van der Waals surface area contributed by atoms with Gasteiger partial charge in [0.05, 0.1) is 17.0 Å². The molecular weight excluding hydrogens is 316 g/mol. The summed E-state index contributed by atoms with van der Waals surface area (Å²) in [6, 6.07) is 21.7. The molecule has 0 amide bonds. The second-order valence-corrected chi connectivity index (χ2v) is 5.90. The van der Waals surface area contributed by atoms with Crippen molar-refractivity contribution in [1.82, 2.24) is 4.57 Å².